The van der Waals surface area contributed by atoms with Gasteiger partial charge in [0.1, 0.15) is 5.82 Å². The van der Waals surface area contributed by atoms with Gasteiger partial charge in [-0.25, -0.2) is 4.39 Å². The standard InChI is InChI=1S/C13H13F4NOS/c14-10-4-3-8(6-11(10)20)12(19)18-5-1-2-9(7-18)13(15,16)17/h3-4,6,9,20H,1-2,5,7H2. The summed E-state index contributed by atoms with van der Waals surface area (Å²) in [5.74, 6) is -2.58. The van der Waals surface area contributed by atoms with Crippen molar-refractivity contribution in [3.63, 3.8) is 0 Å². The maximum Gasteiger partial charge on any atom is 0.393 e. The Bertz CT molecular complexity index is 518. The SMILES string of the molecule is O=C(c1ccc(F)c(S)c1)N1CCCC(C(F)(F)F)C1. The maximum atomic E-state index is 13.1. The van der Waals surface area contributed by atoms with Gasteiger partial charge in [0.05, 0.1) is 5.92 Å². The number of nitrogens with zero attached hydrogens (tertiary/aromatic N) is 1. The molecule has 7 heteroatoms. The summed E-state index contributed by atoms with van der Waals surface area (Å²) >= 11 is 3.86. The number of likely N-dealkylation sites (tertiary alicyclic amines) is 1. The van der Waals surface area contributed by atoms with E-state index in [4.69, 9.17) is 0 Å². The summed E-state index contributed by atoms with van der Waals surface area (Å²) < 4.78 is 51.2. The fraction of sp³-hybridized carbons (Fsp3) is 0.462. The summed E-state index contributed by atoms with van der Waals surface area (Å²) in [4.78, 5) is 13.3. The van der Waals surface area contributed by atoms with Gasteiger partial charge in [0.2, 0.25) is 0 Å². The van der Waals surface area contributed by atoms with Crippen molar-refractivity contribution >= 4 is 18.5 Å². The molecule has 1 atom stereocenters. The zero-order valence-electron chi connectivity index (χ0n) is 10.5. The molecule has 1 amide bonds. The number of benzene rings is 1. The highest BCUT2D eigenvalue weighted by molar-refractivity contribution is 7.80. The molecule has 2 nitrogen and oxygen atoms in total. The minimum absolute atomic E-state index is 0.000214. The normalized spacial score (nSPS) is 20.1. The van der Waals surface area contributed by atoms with Gasteiger partial charge in [0.15, 0.2) is 0 Å². The van der Waals surface area contributed by atoms with E-state index in [0.717, 1.165) is 6.07 Å². The monoisotopic (exact) mass is 307 g/mol. The molecule has 0 aromatic heterocycles. The number of thiol groups is 1. The molecular formula is C13H13F4NOS. The summed E-state index contributed by atoms with van der Waals surface area (Å²) in [7, 11) is 0. The fourth-order valence-corrected chi connectivity index (χ4v) is 2.47. The lowest BCUT2D eigenvalue weighted by molar-refractivity contribution is -0.184. The van der Waals surface area contributed by atoms with Crippen LogP contribution in [0.15, 0.2) is 23.1 Å². The minimum atomic E-state index is -4.30. The van der Waals surface area contributed by atoms with Gasteiger partial charge in [-0.1, -0.05) is 0 Å². The number of carbonyl (C=O) groups excluding carboxylic acids is 1. The highest BCUT2D eigenvalue weighted by Crippen LogP contribution is 2.33. The van der Waals surface area contributed by atoms with E-state index in [1.165, 1.54) is 17.0 Å². The molecule has 1 fully saturated rings. The smallest absolute Gasteiger partial charge is 0.338 e. The first-order valence-electron chi connectivity index (χ1n) is 6.13. The number of rotatable bonds is 1. The molecule has 1 heterocycles. The molecule has 2 rings (SSSR count). The van der Waals surface area contributed by atoms with Gasteiger partial charge in [-0.05, 0) is 31.0 Å². The van der Waals surface area contributed by atoms with Gasteiger partial charge >= 0.3 is 6.18 Å². The van der Waals surface area contributed by atoms with E-state index in [1.54, 1.807) is 0 Å². The topological polar surface area (TPSA) is 20.3 Å². The summed E-state index contributed by atoms with van der Waals surface area (Å²) in [6, 6.07) is 3.58. The lowest BCUT2D eigenvalue weighted by Gasteiger charge is -2.33. The fourth-order valence-electron chi connectivity index (χ4n) is 2.26. The zero-order chi connectivity index (χ0) is 14.9. The predicted molar refractivity (Wildman–Crippen MR) is 68.3 cm³/mol. The highest BCUT2D eigenvalue weighted by atomic mass is 32.1. The van der Waals surface area contributed by atoms with Crippen LogP contribution in [0.4, 0.5) is 17.6 Å². The van der Waals surface area contributed by atoms with Crippen molar-refractivity contribution in [3.8, 4) is 0 Å². The summed E-state index contributed by atoms with van der Waals surface area (Å²) in [5, 5.41) is 0. The van der Waals surface area contributed by atoms with Crippen LogP contribution in [-0.2, 0) is 0 Å². The molecule has 20 heavy (non-hydrogen) atoms. The predicted octanol–water partition coefficient (Wildman–Crippen LogP) is 3.53. The largest absolute Gasteiger partial charge is 0.393 e. The third kappa shape index (κ3) is 3.26. The van der Waals surface area contributed by atoms with Crippen LogP contribution in [0.2, 0.25) is 0 Å². The number of hydrogen-bond donors (Lipinski definition) is 1. The molecule has 110 valence electrons. The molecule has 0 aliphatic carbocycles. The summed E-state index contributed by atoms with van der Waals surface area (Å²) in [6.45, 7) is -0.0632. The van der Waals surface area contributed by atoms with Crippen molar-refractivity contribution in [2.75, 3.05) is 13.1 Å². The van der Waals surface area contributed by atoms with Crippen molar-refractivity contribution < 1.29 is 22.4 Å². The van der Waals surface area contributed by atoms with Crippen LogP contribution in [0.5, 0.6) is 0 Å². The zero-order valence-corrected chi connectivity index (χ0v) is 11.3. The average molecular weight is 307 g/mol. The average Bonchev–Trinajstić information content (AvgIpc) is 2.40. The maximum absolute atomic E-state index is 13.1. The van der Waals surface area contributed by atoms with Crippen molar-refractivity contribution in [1.82, 2.24) is 4.90 Å². The van der Waals surface area contributed by atoms with Crippen LogP contribution < -0.4 is 0 Å². The van der Waals surface area contributed by atoms with E-state index < -0.39 is 23.8 Å². The van der Waals surface area contributed by atoms with Crippen LogP contribution >= 0.6 is 12.6 Å². The quantitative estimate of drug-likeness (QED) is 0.622. The summed E-state index contributed by atoms with van der Waals surface area (Å²) in [6.07, 6.45) is -3.95. The van der Waals surface area contributed by atoms with Crippen LogP contribution in [-0.4, -0.2) is 30.1 Å². The lowest BCUT2D eigenvalue weighted by atomic mass is 9.97. The van der Waals surface area contributed by atoms with E-state index >= 15 is 0 Å². The van der Waals surface area contributed by atoms with Gasteiger partial charge in [-0.2, -0.15) is 13.2 Å². The Kier molecular flexibility index (Phi) is 4.27. The second-order valence-corrected chi connectivity index (χ2v) is 5.28. The number of carbonyl (C=O) groups is 1. The Morgan fingerprint density at radius 1 is 1.35 bits per heavy atom. The van der Waals surface area contributed by atoms with Crippen molar-refractivity contribution in [2.24, 2.45) is 5.92 Å². The molecule has 0 N–H and O–H groups in total. The van der Waals surface area contributed by atoms with Gasteiger partial charge < -0.3 is 4.90 Å². The van der Waals surface area contributed by atoms with Gasteiger partial charge in [-0.3, -0.25) is 4.79 Å². The van der Waals surface area contributed by atoms with Gasteiger partial charge in [0.25, 0.3) is 5.91 Å². The third-order valence-electron chi connectivity index (χ3n) is 3.36. The third-order valence-corrected chi connectivity index (χ3v) is 3.71. The van der Waals surface area contributed by atoms with E-state index in [2.05, 4.69) is 12.6 Å². The molecule has 0 spiro atoms. The van der Waals surface area contributed by atoms with E-state index in [-0.39, 0.29) is 30.0 Å². The first-order chi connectivity index (χ1) is 9.29. The van der Waals surface area contributed by atoms with Crippen LogP contribution in [0.1, 0.15) is 23.2 Å². The molecule has 1 aliphatic heterocycles. The highest BCUT2D eigenvalue weighted by Gasteiger charge is 2.42. The molecule has 0 saturated carbocycles. The van der Waals surface area contributed by atoms with Crippen LogP contribution in [0.25, 0.3) is 0 Å². The van der Waals surface area contributed by atoms with Crippen LogP contribution in [0.3, 0.4) is 0 Å². The number of halogens is 4. The molecule has 0 radical (unpaired) electrons. The minimum Gasteiger partial charge on any atom is -0.338 e. The Labute approximate surface area is 119 Å². The first-order valence-corrected chi connectivity index (χ1v) is 6.58. The molecule has 1 aromatic rings. The second-order valence-electron chi connectivity index (χ2n) is 4.80. The molecule has 1 aliphatic rings. The Balaban J connectivity index is 2.14. The molecule has 1 aromatic carbocycles. The van der Waals surface area contributed by atoms with E-state index in [0.29, 0.717) is 6.42 Å². The molecule has 1 saturated heterocycles. The molecule has 1 unspecified atom stereocenters. The summed E-state index contributed by atoms with van der Waals surface area (Å²) in [5.41, 5.74) is 0.152. The number of hydrogen-bond acceptors (Lipinski definition) is 2. The number of amides is 1. The number of alkyl halides is 3. The Hall–Kier alpha value is -1.24. The lowest BCUT2D eigenvalue weighted by Crippen LogP contribution is -2.44. The number of piperidine rings is 1. The van der Waals surface area contributed by atoms with Crippen molar-refractivity contribution in [2.45, 2.75) is 23.9 Å². The van der Waals surface area contributed by atoms with E-state index in [9.17, 15) is 22.4 Å². The van der Waals surface area contributed by atoms with Crippen molar-refractivity contribution in [1.29, 1.82) is 0 Å². The van der Waals surface area contributed by atoms with Crippen molar-refractivity contribution in [3.05, 3.63) is 29.6 Å². The molecule has 0 bridgehead atoms. The second kappa shape index (κ2) is 5.63. The van der Waals surface area contributed by atoms with Gasteiger partial charge in [-0.15, -0.1) is 12.6 Å². The Morgan fingerprint density at radius 3 is 2.65 bits per heavy atom. The first kappa shape index (κ1) is 15.2. The van der Waals surface area contributed by atoms with Gasteiger partial charge in [0, 0.05) is 23.5 Å². The molecular weight excluding hydrogens is 294 g/mol. The Morgan fingerprint density at radius 2 is 2.05 bits per heavy atom. The van der Waals surface area contributed by atoms with Crippen LogP contribution in [0, 0.1) is 11.7 Å². The van der Waals surface area contributed by atoms with E-state index in [1.807, 2.05) is 0 Å².